The van der Waals surface area contributed by atoms with E-state index in [1.54, 1.807) is 0 Å². The highest BCUT2D eigenvalue weighted by atomic mass is 14.6. The Morgan fingerprint density at radius 1 is 0.812 bits per heavy atom. The molecule has 6 N–H and O–H groups in total. The van der Waals surface area contributed by atoms with E-state index in [4.69, 9.17) is 17.2 Å². The Bertz CT molecular complexity index is 489. The Hall–Kier alpha value is -2.00. The molecule has 16 heavy (non-hydrogen) atoms. The summed E-state index contributed by atoms with van der Waals surface area (Å²) >= 11 is 0. The second kappa shape index (κ2) is 4.24. The van der Waals surface area contributed by atoms with Crippen molar-refractivity contribution in [2.45, 2.75) is 6.54 Å². The summed E-state index contributed by atoms with van der Waals surface area (Å²) in [6.07, 6.45) is 0. The highest BCUT2D eigenvalue weighted by Crippen LogP contribution is 2.24. The molecule has 0 saturated carbocycles. The zero-order valence-corrected chi connectivity index (χ0v) is 8.98. The van der Waals surface area contributed by atoms with Gasteiger partial charge in [-0.2, -0.15) is 0 Å². The summed E-state index contributed by atoms with van der Waals surface area (Å²) < 4.78 is 0. The first-order chi connectivity index (χ1) is 7.70. The number of nitrogens with two attached hydrogens (primary N) is 3. The molecule has 0 aliphatic heterocycles. The van der Waals surface area contributed by atoms with Gasteiger partial charge in [0.15, 0.2) is 0 Å². The smallest absolute Gasteiger partial charge is 0.0365 e. The van der Waals surface area contributed by atoms with Crippen molar-refractivity contribution in [3.63, 3.8) is 0 Å². The van der Waals surface area contributed by atoms with Crippen LogP contribution in [0.5, 0.6) is 0 Å². The summed E-state index contributed by atoms with van der Waals surface area (Å²) in [5, 5.41) is 0. The average molecular weight is 213 g/mol. The van der Waals surface area contributed by atoms with Crippen LogP contribution in [0.3, 0.4) is 0 Å². The summed E-state index contributed by atoms with van der Waals surface area (Å²) in [6, 6.07) is 13.6. The van der Waals surface area contributed by atoms with E-state index in [1.807, 2.05) is 42.5 Å². The highest BCUT2D eigenvalue weighted by Gasteiger charge is 2.01. The molecule has 0 fully saturated rings. The Balaban J connectivity index is 2.41. The van der Waals surface area contributed by atoms with Gasteiger partial charge in [-0.3, -0.25) is 0 Å². The first-order valence-corrected chi connectivity index (χ1v) is 5.15. The van der Waals surface area contributed by atoms with E-state index in [9.17, 15) is 0 Å². The fourth-order valence-electron chi connectivity index (χ4n) is 1.64. The number of anilines is 2. The van der Waals surface area contributed by atoms with Gasteiger partial charge in [0.2, 0.25) is 0 Å². The van der Waals surface area contributed by atoms with Crippen molar-refractivity contribution in [1.29, 1.82) is 0 Å². The third-order valence-corrected chi connectivity index (χ3v) is 2.61. The van der Waals surface area contributed by atoms with Gasteiger partial charge >= 0.3 is 0 Å². The molecular weight excluding hydrogens is 198 g/mol. The van der Waals surface area contributed by atoms with Crippen LogP contribution in [0.25, 0.3) is 11.1 Å². The van der Waals surface area contributed by atoms with Crippen LogP contribution in [-0.2, 0) is 6.54 Å². The predicted octanol–water partition coefficient (Wildman–Crippen LogP) is 1.98. The third-order valence-electron chi connectivity index (χ3n) is 2.61. The zero-order valence-electron chi connectivity index (χ0n) is 8.98. The van der Waals surface area contributed by atoms with Gasteiger partial charge in [0, 0.05) is 17.9 Å². The predicted molar refractivity (Wildman–Crippen MR) is 68.6 cm³/mol. The third kappa shape index (κ3) is 1.99. The second-order valence-electron chi connectivity index (χ2n) is 3.74. The molecule has 0 radical (unpaired) electrons. The van der Waals surface area contributed by atoms with Crippen molar-refractivity contribution in [3.05, 3.63) is 48.0 Å². The van der Waals surface area contributed by atoms with E-state index in [1.165, 1.54) is 0 Å². The lowest BCUT2D eigenvalue weighted by Gasteiger charge is -2.07. The fourth-order valence-corrected chi connectivity index (χ4v) is 1.64. The molecule has 3 heteroatoms. The molecule has 3 nitrogen and oxygen atoms in total. The Morgan fingerprint density at radius 2 is 1.44 bits per heavy atom. The van der Waals surface area contributed by atoms with Crippen molar-refractivity contribution >= 4 is 11.4 Å². The van der Waals surface area contributed by atoms with E-state index in [0.717, 1.165) is 28.1 Å². The first-order valence-electron chi connectivity index (χ1n) is 5.15. The zero-order chi connectivity index (χ0) is 11.5. The fraction of sp³-hybridized carbons (Fsp3) is 0.0769. The van der Waals surface area contributed by atoms with Gasteiger partial charge < -0.3 is 17.2 Å². The van der Waals surface area contributed by atoms with Crippen LogP contribution in [0.1, 0.15) is 5.56 Å². The van der Waals surface area contributed by atoms with Crippen LogP contribution >= 0.6 is 0 Å². The summed E-state index contributed by atoms with van der Waals surface area (Å²) in [6.45, 7) is 0.466. The van der Waals surface area contributed by atoms with Gasteiger partial charge in [-0.1, -0.05) is 24.3 Å². The molecule has 0 aliphatic rings. The minimum Gasteiger partial charge on any atom is -0.399 e. The Labute approximate surface area is 94.9 Å². The quantitative estimate of drug-likeness (QED) is 0.667. The van der Waals surface area contributed by atoms with Crippen LogP contribution in [-0.4, -0.2) is 0 Å². The van der Waals surface area contributed by atoms with Crippen LogP contribution in [0.2, 0.25) is 0 Å². The number of hydrogen-bond donors (Lipinski definition) is 3. The lowest BCUT2D eigenvalue weighted by molar-refractivity contribution is 1.08. The topological polar surface area (TPSA) is 78.1 Å². The van der Waals surface area contributed by atoms with Crippen molar-refractivity contribution < 1.29 is 0 Å². The molecule has 0 heterocycles. The molecular formula is C13H15N3. The summed E-state index contributed by atoms with van der Waals surface area (Å²) in [4.78, 5) is 0. The van der Waals surface area contributed by atoms with Gasteiger partial charge in [-0.05, 0) is 34.9 Å². The Kier molecular flexibility index (Phi) is 2.79. The molecule has 0 bridgehead atoms. The summed E-state index contributed by atoms with van der Waals surface area (Å²) in [5.74, 6) is 0. The molecule has 0 amide bonds. The second-order valence-corrected chi connectivity index (χ2v) is 3.74. The van der Waals surface area contributed by atoms with Gasteiger partial charge in [-0.15, -0.1) is 0 Å². The van der Waals surface area contributed by atoms with E-state index >= 15 is 0 Å². The molecule has 0 aromatic heterocycles. The lowest BCUT2D eigenvalue weighted by Crippen LogP contribution is -2.01. The summed E-state index contributed by atoms with van der Waals surface area (Å²) in [5.41, 5.74) is 21.7. The highest BCUT2D eigenvalue weighted by molar-refractivity contribution is 5.70. The standard InChI is InChI=1S/C13H15N3/c14-8-11-2-1-10(7-13(11)16)9-3-5-12(15)6-4-9/h1-7H,8,14-16H2. The molecule has 0 aliphatic carbocycles. The monoisotopic (exact) mass is 213 g/mol. The molecule has 2 aromatic carbocycles. The van der Waals surface area contributed by atoms with E-state index < -0.39 is 0 Å². The van der Waals surface area contributed by atoms with Crippen LogP contribution < -0.4 is 17.2 Å². The molecule has 82 valence electrons. The number of hydrogen-bond acceptors (Lipinski definition) is 3. The Morgan fingerprint density at radius 3 is 2.00 bits per heavy atom. The van der Waals surface area contributed by atoms with Crippen molar-refractivity contribution in [1.82, 2.24) is 0 Å². The molecule has 0 unspecified atom stereocenters. The number of benzene rings is 2. The molecule has 0 atom stereocenters. The van der Waals surface area contributed by atoms with Crippen LogP contribution in [0.4, 0.5) is 11.4 Å². The van der Waals surface area contributed by atoms with Crippen molar-refractivity contribution in [2.75, 3.05) is 11.5 Å². The molecule has 0 spiro atoms. The van der Waals surface area contributed by atoms with Gasteiger partial charge in [0.1, 0.15) is 0 Å². The lowest BCUT2D eigenvalue weighted by atomic mass is 10.0. The maximum Gasteiger partial charge on any atom is 0.0365 e. The SMILES string of the molecule is NCc1ccc(-c2ccc(N)cc2)cc1N. The van der Waals surface area contributed by atoms with Crippen LogP contribution in [0.15, 0.2) is 42.5 Å². The number of rotatable bonds is 2. The maximum atomic E-state index is 5.89. The van der Waals surface area contributed by atoms with E-state index in [0.29, 0.717) is 6.54 Å². The van der Waals surface area contributed by atoms with Crippen LogP contribution in [0, 0.1) is 0 Å². The number of nitrogen functional groups attached to an aromatic ring is 2. The van der Waals surface area contributed by atoms with Gasteiger partial charge in [0.25, 0.3) is 0 Å². The normalized spacial score (nSPS) is 10.3. The molecule has 2 aromatic rings. The molecule has 0 saturated heterocycles. The van der Waals surface area contributed by atoms with Crippen molar-refractivity contribution in [3.8, 4) is 11.1 Å². The van der Waals surface area contributed by atoms with E-state index in [2.05, 4.69) is 0 Å². The first kappa shape index (κ1) is 10.5. The van der Waals surface area contributed by atoms with E-state index in [-0.39, 0.29) is 0 Å². The van der Waals surface area contributed by atoms with Gasteiger partial charge in [-0.25, -0.2) is 0 Å². The average Bonchev–Trinajstić information content (AvgIpc) is 2.30. The van der Waals surface area contributed by atoms with Crippen molar-refractivity contribution in [2.24, 2.45) is 5.73 Å². The minimum atomic E-state index is 0.466. The largest absolute Gasteiger partial charge is 0.399 e. The maximum absolute atomic E-state index is 5.89. The molecule has 2 rings (SSSR count). The summed E-state index contributed by atoms with van der Waals surface area (Å²) in [7, 11) is 0. The minimum absolute atomic E-state index is 0.466. The van der Waals surface area contributed by atoms with Gasteiger partial charge in [0.05, 0.1) is 0 Å².